The summed E-state index contributed by atoms with van der Waals surface area (Å²) >= 11 is 0. The summed E-state index contributed by atoms with van der Waals surface area (Å²) < 4.78 is 0. The van der Waals surface area contributed by atoms with Crippen molar-refractivity contribution < 1.29 is 9.59 Å². The van der Waals surface area contributed by atoms with Crippen LogP contribution in [-0.2, 0) is 4.79 Å². The first-order chi connectivity index (χ1) is 7.15. The average Bonchev–Trinajstić information content (AvgIpc) is 2.63. The summed E-state index contributed by atoms with van der Waals surface area (Å²) in [6, 6.07) is -0.393. The zero-order valence-corrected chi connectivity index (χ0v) is 9.06. The van der Waals surface area contributed by atoms with Crippen LogP contribution in [0, 0.1) is 0 Å². The van der Waals surface area contributed by atoms with E-state index in [1.807, 2.05) is 5.01 Å². The molecule has 0 aliphatic carbocycles. The van der Waals surface area contributed by atoms with Gasteiger partial charge in [-0.15, -0.1) is 0 Å². The predicted octanol–water partition coefficient (Wildman–Crippen LogP) is -0.563. The minimum Gasteiger partial charge on any atom is -0.298 e. The van der Waals surface area contributed by atoms with E-state index in [9.17, 15) is 9.59 Å². The average molecular weight is 212 g/mol. The first-order valence-electron chi connectivity index (χ1n) is 5.18. The molecule has 2 rings (SSSR count). The third-order valence-electron chi connectivity index (χ3n) is 3.01. The van der Waals surface area contributed by atoms with Crippen molar-refractivity contribution in [1.29, 1.82) is 0 Å². The van der Waals surface area contributed by atoms with Gasteiger partial charge in [-0.25, -0.2) is 20.2 Å². The summed E-state index contributed by atoms with van der Waals surface area (Å²) in [4.78, 5) is 23.3. The SMILES string of the molecule is CNN1CCN2CCC(C(C)=O)N2C1=O. The number of nitrogens with zero attached hydrogens (tertiary/aromatic N) is 3. The van der Waals surface area contributed by atoms with Gasteiger partial charge in [-0.3, -0.25) is 9.80 Å². The Kier molecular flexibility index (Phi) is 2.62. The molecule has 6 heteroatoms. The maximum atomic E-state index is 11.9. The topological polar surface area (TPSA) is 55.9 Å². The lowest BCUT2D eigenvalue weighted by atomic mass is 10.1. The van der Waals surface area contributed by atoms with Crippen molar-refractivity contribution in [2.75, 3.05) is 26.7 Å². The molecule has 0 aromatic rings. The fourth-order valence-corrected chi connectivity index (χ4v) is 2.19. The zero-order chi connectivity index (χ0) is 11.0. The van der Waals surface area contributed by atoms with Crippen LogP contribution in [0.4, 0.5) is 4.79 Å². The maximum absolute atomic E-state index is 11.9. The third-order valence-corrected chi connectivity index (χ3v) is 3.01. The number of hydrazine groups is 2. The van der Waals surface area contributed by atoms with Crippen molar-refractivity contribution in [2.45, 2.75) is 19.4 Å². The smallest absolute Gasteiger partial charge is 0.298 e. The van der Waals surface area contributed by atoms with E-state index in [1.54, 1.807) is 19.0 Å². The van der Waals surface area contributed by atoms with Crippen LogP contribution >= 0.6 is 0 Å². The monoisotopic (exact) mass is 212 g/mol. The van der Waals surface area contributed by atoms with Gasteiger partial charge in [0.1, 0.15) is 6.04 Å². The molecule has 0 aromatic carbocycles. The maximum Gasteiger partial charge on any atom is 0.349 e. The number of Topliss-reactive ketones (excluding diaryl/α,β-unsaturated/α-hetero) is 1. The highest BCUT2D eigenvalue weighted by atomic mass is 16.2. The van der Waals surface area contributed by atoms with Crippen molar-refractivity contribution in [3.8, 4) is 0 Å². The summed E-state index contributed by atoms with van der Waals surface area (Å²) in [5, 5.41) is 5.09. The summed E-state index contributed by atoms with van der Waals surface area (Å²) in [5.41, 5.74) is 2.83. The Labute approximate surface area is 88.7 Å². The molecule has 0 saturated carbocycles. The van der Waals surface area contributed by atoms with E-state index in [2.05, 4.69) is 5.43 Å². The Morgan fingerprint density at radius 3 is 2.73 bits per heavy atom. The van der Waals surface area contributed by atoms with Gasteiger partial charge in [0, 0.05) is 20.1 Å². The van der Waals surface area contributed by atoms with Gasteiger partial charge in [-0.2, -0.15) is 0 Å². The Hall–Kier alpha value is -1.14. The van der Waals surface area contributed by atoms with Crippen LogP contribution in [0.2, 0.25) is 0 Å². The molecule has 84 valence electrons. The summed E-state index contributed by atoms with van der Waals surface area (Å²) in [5.74, 6) is 0.0591. The summed E-state index contributed by atoms with van der Waals surface area (Å²) in [6.07, 6.45) is 0.749. The summed E-state index contributed by atoms with van der Waals surface area (Å²) in [7, 11) is 1.71. The van der Waals surface area contributed by atoms with Crippen molar-refractivity contribution in [3.63, 3.8) is 0 Å². The van der Waals surface area contributed by atoms with Crippen LogP contribution in [0.3, 0.4) is 0 Å². The number of carbonyl (C=O) groups is 2. The van der Waals surface area contributed by atoms with Crippen molar-refractivity contribution >= 4 is 11.8 Å². The molecule has 2 amide bonds. The lowest BCUT2D eigenvalue weighted by molar-refractivity contribution is -0.125. The van der Waals surface area contributed by atoms with E-state index in [0.29, 0.717) is 6.54 Å². The van der Waals surface area contributed by atoms with Gasteiger partial charge in [0.2, 0.25) is 0 Å². The molecule has 2 aliphatic heterocycles. The van der Waals surface area contributed by atoms with Crippen molar-refractivity contribution in [3.05, 3.63) is 0 Å². The van der Waals surface area contributed by atoms with E-state index >= 15 is 0 Å². The largest absolute Gasteiger partial charge is 0.349 e. The van der Waals surface area contributed by atoms with Crippen LogP contribution in [0.1, 0.15) is 13.3 Å². The normalized spacial score (nSPS) is 27.1. The fourth-order valence-electron chi connectivity index (χ4n) is 2.19. The van der Waals surface area contributed by atoms with Crippen molar-refractivity contribution in [1.82, 2.24) is 20.5 Å². The number of hydrogen-bond acceptors (Lipinski definition) is 4. The summed E-state index contributed by atoms with van der Waals surface area (Å²) in [6.45, 7) is 3.79. The molecule has 0 radical (unpaired) electrons. The minimum atomic E-state index is -0.270. The lowest BCUT2D eigenvalue weighted by Gasteiger charge is -2.40. The Morgan fingerprint density at radius 1 is 1.40 bits per heavy atom. The number of fused-ring (bicyclic) bond motifs is 1. The highest BCUT2D eigenvalue weighted by molar-refractivity contribution is 5.87. The molecule has 1 unspecified atom stereocenters. The van der Waals surface area contributed by atoms with E-state index in [4.69, 9.17) is 0 Å². The predicted molar refractivity (Wildman–Crippen MR) is 53.7 cm³/mol. The standard InChI is InChI=1S/C9H16N4O2/c1-7(14)8-3-4-11-5-6-12(10-2)9(15)13(8)11/h8,10H,3-6H2,1-2H3. The quantitative estimate of drug-likeness (QED) is 0.666. The molecule has 0 bridgehead atoms. The van der Waals surface area contributed by atoms with Gasteiger partial charge >= 0.3 is 6.03 Å². The Morgan fingerprint density at radius 2 is 2.13 bits per heavy atom. The first kappa shape index (κ1) is 10.4. The van der Waals surface area contributed by atoms with Crippen molar-refractivity contribution in [2.24, 2.45) is 0 Å². The molecule has 2 aliphatic rings. The van der Waals surface area contributed by atoms with E-state index < -0.39 is 0 Å². The van der Waals surface area contributed by atoms with Gasteiger partial charge in [0.05, 0.1) is 6.54 Å². The number of urea groups is 1. The molecule has 1 N–H and O–H groups in total. The number of ketones is 1. The van der Waals surface area contributed by atoms with Crippen LogP contribution < -0.4 is 5.43 Å². The Balaban J connectivity index is 2.18. The molecule has 2 saturated heterocycles. The number of carbonyl (C=O) groups excluding carboxylic acids is 2. The lowest BCUT2D eigenvalue weighted by Crippen LogP contribution is -2.62. The second-order valence-electron chi connectivity index (χ2n) is 3.87. The highest BCUT2D eigenvalue weighted by Crippen LogP contribution is 2.23. The fraction of sp³-hybridized carbons (Fsp3) is 0.778. The van der Waals surface area contributed by atoms with Gasteiger partial charge < -0.3 is 0 Å². The second-order valence-corrected chi connectivity index (χ2v) is 3.87. The minimum absolute atomic E-state index is 0.0591. The van der Waals surface area contributed by atoms with E-state index in [1.165, 1.54) is 5.01 Å². The number of rotatable bonds is 2. The van der Waals surface area contributed by atoms with E-state index in [0.717, 1.165) is 19.5 Å². The van der Waals surface area contributed by atoms with Gasteiger partial charge in [0.15, 0.2) is 5.78 Å². The van der Waals surface area contributed by atoms with Crippen LogP contribution in [-0.4, -0.2) is 59.6 Å². The molecular formula is C9H16N4O2. The van der Waals surface area contributed by atoms with Gasteiger partial charge in [-0.05, 0) is 13.3 Å². The molecule has 1 atom stereocenters. The molecule has 2 heterocycles. The molecule has 0 aromatic heterocycles. The molecule has 15 heavy (non-hydrogen) atoms. The number of nitrogens with one attached hydrogen (secondary N) is 1. The number of amides is 2. The third kappa shape index (κ3) is 1.59. The van der Waals surface area contributed by atoms with Crippen LogP contribution in [0.15, 0.2) is 0 Å². The molecule has 6 nitrogen and oxygen atoms in total. The Bertz CT molecular complexity index is 294. The highest BCUT2D eigenvalue weighted by Gasteiger charge is 2.42. The second kappa shape index (κ2) is 3.79. The number of hydrogen-bond donors (Lipinski definition) is 1. The van der Waals surface area contributed by atoms with Gasteiger partial charge in [-0.1, -0.05) is 0 Å². The van der Waals surface area contributed by atoms with Crippen LogP contribution in [0.25, 0.3) is 0 Å². The molecule has 2 fully saturated rings. The van der Waals surface area contributed by atoms with E-state index in [-0.39, 0.29) is 17.9 Å². The first-order valence-corrected chi connectivity index (χ1v) is 5.18. The van der Waals surface area contributed by atoms with Crippen LogP contribution in [0.5, 0.6) is 0 Å². The molecule has 0 spiro atoms. The zero-order valence-electron chi connectivity index (χ0n) is 9.06. The molecular weight excluding hydrogens is 196 g/mol. The van der Waals surface area contributed by atoms with Gasteiger partial charge in [0.25, 0.3) is 0 Å².